The zero-order valence-corrected chi connectivity index (χ0v) is 12.9. The number of halogens is 1. The second-order valence-corrected chi connectivity index (χ2v) is 6.08. The molecule has 0 aliphatic carbocycles. The summed E-state index contributed by atoms with van der Waals surface area (Å²) in [6.07, 6.45) is 0.540. The number of rotatable bonds is 2. The molecule has 2 amide bonds. The summed E-state index contributed by atoms with van der Waals surface area (Å²) in [4.78, 5) is 26.4. The highest BCUT2D eigenvalue weighted by Gasteiger charge is 2.45. The maximum Gasteiger partial charge on any atom is 0.252 e. The molecule has 1 aliphatic heterocycles. The molecule has 1 aromatic carbocycles. The van der Waals surface area contributed by atoms with Crippen LogP contribution in [-0.4, -0.2) is 23.4 Å². The normalized spacial score (nSPS) is 21.9. The lowest BCUT2D eigenvalue weighted by atomic mass is 9.95. The highest BCUT2D eigenvalue weighted by molar-refractivity contribution is 6.34. The predicted octanol–water partition coefficient (Wildman–Crippen LogP) is 2.67. The molecule has 0 saturated carbocycles. The molecule has 0 bridgehead atoms. The second kappa shape index (κ2) is 5.09. The van der Waals surface area contributed by atoms with Crippen molar-refractivity contribution >= 4 is 29.1 Å². The van der Waals surface area contributed by atoms with Gasteiger partial charge in [-0.3, -0.25) is 14.5 Å². The Hall–Kier alpha value is -1.55. The summed E-state index contributed by atoms with van der Waals surface area (Å²) in [6, 6.07) is 4.96. The van der Waals surface area contributed by atoms with Crippen LogP contribution in [0.5, 0.6) is 0 Å². The topological polar surface area (TPSA) is 49.4 Å². The lowest BCUT2D eigenvalue weighted by molar-refractivity contribution is -0.137. The molecule has 4 nitrogen and oxygen atoms in total. The van der Waals surface area contributed by atoms with Crippen molar-refractivity contribution in [1.29, 1.82) is 0 Å². The van der Waals surface area contributed by atoms with Crippen LogP contribution in [0.15, 0.2) is 18.2 Å². The number of anilines is 1. The Morgan fingerprint density at radius 2 is 2.00 bits per heavy atom. The zero-order valence-electron chi connectivity index (χ0n) is 12.2. The average Bonchev–Trinajstić information content (AvgIpc) is 2.36. The first kappa shape index (κ1) is 14.9. The third kappa shape index (κ3) is 2.40. The molecule has 1 atom stereocenters. The van der Waals surface area contributed by atoms with E-state index in [2.05, 4.69) is 5.32 Å². The Kier molecular flexibility index (Phi) is 3.78. The standard InChI is InChI=1S/C15H19ClN2O2/c1-5-11-13(19)17-15(3,4)14(20)18(11)12-8-9(2)6-7-10(12)16/h6-8,11H,5H2,1-4H3,(H,17,19). The molecule has 1 N–H and O–H groups in total. The molecular weight excluding hydrogens is 276 g/mol. The van der Waals surface area contributed by atoms with Crippen LogP contribution in [-0.2, 0) is 9.59 Å². The molecule has 1 aliphatic rings. The molecule has 5 heteroatoms. The van der Waals surface area contributed by atoms with Crippen LogP contribution in [0.3, 0.4) is 0 Å². The highest BCUT2D eigenvalue weighted by atomic mass is 35.5. The van der Waals surface area contributed by atoms with Gasteiger partial charge in [-0.25, -0.2) is 0 Å². The monoisotopic (exact) mass is 294 g/mol. The number of nitrogens with one attached hydrogen (secondary N) is 1. The second-order valence-electron chi connectivity index (χ2n) is 5.67. The van der Waals surface area contributed by atoms with E-state index in [0.29, 0.717) is 17.1 Å². The third-order valence-corrected chi connectivity index (χ3v) is 3.87. The molecule has 1 aromatic rings. The number of hydrogen-bond donors (Lipinski definition) is 1. The van der Waals surface area contributed by atoms with Gasteiger partial charge in [0.1, 0.15) is 11.6 Å². The van der Waals surface area contributed by atoms with Gasteiger partial charge < -0.3 is 5.32 Å². The Labute approximate surface area is 124 Å². The van der Waals surface area contributed by atoms with Crippen molar-refractivity contribution in [3.05, 3.63) is 28.8 Å². The summed E-state index contributed by atoms with van der Waals surface area (Å²) in [6.45, 7) is 7.22. The molecule has 20 heavy (non-hydrogen) atoms. The summed E-state index contributed by atoms with van der Waals surface area (Å²) in [5.41, 5.74) is 0.679. The van der Waals surface area contributed by atoms with Crippen molar-refractivity contribution in [1.82, 2.24) is 5.32 Å². The zero-order chi connectivity index (χ0) is 15.1. The van der Waals surface area contributed by atoms with E-state index in [-0.39, 0.29) is 11.8 Å². The number of amides is 2. The fraction of sp³-hybridized carbons (Fsp3) is 0.467. The minimum absolute atomic E-state index is 0.142. The van der Waals surface area contributed by atoms with Crippen molar-refractivity contribution in [2.75, 3.05) is 4.90 Å². The first-order valence-electron chi connectivity index (χ1n) is 6.69. The van der Waals surface area contributed by atoms with E-state index in [1.54, 1.807) is 19.9 Å². The first-order valence-corrected chi connectivity index (χ1v) is 7.07. The van der Waals surface area contributed by atoms with Crippen molar-refractivity contribution in [3.8, 4) is 0 Å². The minimum Gasteiger partial charge on any atom is -0.340 e. The van der Waals surface area contributed by atoms with E-state index in [4.69, 9.17) is 11.6 Å². The van der Waals surface area contributed by atoms with Gasteiger partial charge in [-0.05, 0) is 44.9 Å². The average molecular weight is 295 g/mol. The van der Waals surface area contributed by atoms with Crippen LogP contribution in [0.25, 0.3) is 0 Å². The van der Waals surface area contributed by atoms with Crippen LogP contribution < -0.4 is 10.2 Å². The van der Waals surface area contributed by atoms with Gasteiger partial charge in [0.2, 0.25) is 5.91 Å². The maximum absolute atomic E-state index is 12.7. The molecule has 1 unspecified atom stereocenters. The fourth-order valence-corrected chi connectivity index (χ4v) is 2.67. The number of piperazine rings is 1. The fourth-order valence-electron chi connectivity index (χ4n) is 2.46. The summed E-state index contributed by atoms with van der Waals surface area (Å²) in [5.74, 6) is -0.286. The van der Waals surface area contributed by atoms with Gasteiger partial charge in [0.25, 0.3) is 5.91 Å². The molecule has 1 fully saturated rings. The van der Waals surface area contributed by atoms with E-state index in [1.807, 2.05) is 26.0 Å². The van der Waals surface area contributed by atoms with Gasteiger partial charge in [0, 0.05) is 0 Å². The van der Waals surface area contributed by atoms with E-state index < -0.39 is 11.6 Å². The van der Waals surface area contributed by atoms with Crippen LogP contribution in [0.2, 0.25) is 5.02 Å². The quantitative estimate of drug-likeness (QED) is 0.911. The number of carbonyl (C=O) groups excluding carboxylic acids is 2. The number of aryl methyl sites for hydroxylation is 1. The Morgan fingerprint density at radius 1 is 1.35 bits per heavy atom. The molecule has 0 radical (unpaired) electrons. The van der Waals surface area contributed by atoms with Crippen molar-refractivity contribution < 1.29 is 9.59 Å². The molecule has 1 saturated heterocycles. The van der Waals surface area contributed by atoms with E-state index in [1.165, 1.54) is 4.90 Å². The van der Waals surface area contributed by atoms with E-state index >= 15 is 0 Å². The maximum atomic E-state index is 12.7. The molecule has 1 heterocycles. The number of nitrogens with zero attached hydrogens (tertiary/aromatic N) is 1. The first-order chi connectivity index (χ1) is 9.27. The number of benzene rings is 1. The van der Waals surface area contributed by atoms with E-state index in [9.17, 15) is 9.59 Å². The lowest BCUT2D eigenvalue weighted by Gasteiger charge is -2.42. The van der Waals surface area contributed by atoms with Crippen LogP contribution in [0, 0.1) is 6.92 Å². The van der Waals surface area contributed by atoms with Crippen molar-refractivity contribution in [3.63, 3.8) is 0 Å². The summed E-state index contributed by atoms with van der Waals surface area (Å²) in [5, 5.41) is 3.25. The SMILES string of the molecule is CCC1C(=O)NC(C)(C)C(=O)N1c1cc(C)ccc1Cl. The van der Waals surface area contributed by atoms with Crippen LogP contribution in [0.4, 0.5) is 5.69 Å². The van der Waals surface area contributed by atoms with Crippen LogP contribution in [0.1, 0.15) is 32.8 Å². The third-order valence-electron chi connectivity index (χ3n) is 3.55. The molecule has 0 spiro atoms. The van der Waals surface area contributed by atoms with Gasteiger partial charge in [-0.1, -0.05) is 24.6 Å². The molecule has 108 valence electrons. The molecular formula is C15H19ClN2O2. The summed E-state index contributed by atoms with van der Waals surface area (Å²) < 4.78 is 0. The molecule has 0 aromatic heterocycles. The van der Waals surface area contributed by atoms with Crippen LogP contribution >= 0.6 is 11.6 Å². The molecule has 2 rings (SSSR count). The van der Waals surface area contributed by atoms with Gasteiger partial charge in [-0.2, -0.15) is 0 Å². The smallest absolute Gasteiger partial charge is 0.252 e. The number of hydrogen-bond acceptors (Lipinski definition) is 2. The Morgan fingerprint density at radius 3 is 2.60 bits per heavy atom. The van der Waals surface area contributed by atoms with E-state index in [0.717, 1.165) is 5.56 Å². The van der Waals surface area contributed by atoms with Gasteiger partial charge in [0.15, 0.2) is 0 Å². The highest BCUT2D eigenvalue weighted by Crippen LogP contribution is 2.33. The summed E-state index contributed by atoms with van der Waals surface area (Å²) in [7, 11) is 0. The predicted molar refractivity (Wildman–Crippen MR) is 80.0 cm³/mol. The Bertz CT molecular complexity index is 569. The Balaban J connectivity index is 2.57. The summed E-state index contributed by atoms with van der Waals surface area (Å²) >= 11 is 6.23. The van der Waals surface area contributed by atoms with Gasteiger partial charge in [0.05, 0.1) is 10.7 Å². The van der Waals surface area contributed by atoms with Gasteiger partial charge in [-0.15, -0.1) is 0 Å². The van der Waals surface area contributed by atoms with Crippen molar-refractivity contribution in [2.24, 2.45) is 0 Å². The van der Waals surface area contributed by atoms with Crippen molar-refractivity contribution in [2.45, 2.75) is 45.7 Å². The van der Waals surface area contributed by atoms with Gasteiger partial charge >= 0.3 is 0 Å². The lowest BCUT2D eigenvalue weighted by Crippen LogP contribution is -2.68. The minimum atomic E-state index is -0.921. The largest absolute Gasteiger partial charge is 0.340 e. The number of carbonyl (C=O) groups is 2.